The van der Waals surface area contributed by atoms with Gasteiger partial charge >= 0.3 is 6.03 Å². The van der Waals surface area contributed by atoms with E-state index in [2.05, 4.69) is 10.6 Å². The maximum absolute atomic E-state index is 13.2. The van der Waals surface area contributed by atoms with Crippen molar-refractivity contribution in [2.75, 3.05) is 31.6 Å². The summed E-state index contributed by atoms with van der Waals surface area (Å²) < 4.78 is 24.7. The average Bonchev–Trinajstić information content (AvgIpc) is 2.77. The van der Waals surface area contributed by atoms with E-state index in [0.29, 0.717) is 36.8 Å². The Morgan fingerprint density at radius 2 is 1.97 bits per heavy atom. The molecule has 4 rings (SSSR count). The fourth-order valence-electron chi connectivity index (χ4n) is 3.76. The van der Waals surface area contributed by atoms with Crippen LogP contribution in [-0.4, -0.2) is 49.2 Å². The first-order valence-corrected chi connectivity index (χ1v) is 10.1. The van der Waals surface area contributed by atoms with Crippen molar-refractivity contribution >= 4 is 17.6 Å². The minimum atomic E-state index is -0.664. The quantitative estimate of drug-likeness (QED) is 0.808. The number of carbonyl (C=O) groups is 2. The zero-order valence-corrected chi connectivity index (χ0v) is 16.5. The molecule has 3 amide bonds. The molecule has 0 saturated carbocycles. The number of amides is 3. The normalized spacial score (nSPS) is 20.4. The van der Waals surface area contributed by atoms with E-state index >= 15 is 0 Å². The van der Waals surface area contributed by atoms with E-state index in [4.69, 9.17) is 9.47 Å². The standard InChI is InChI=1S/C22H24FN3O4/c23-16-6-3-7-17(11-16)25-22(28)24-12-15-5-4-10-26(13-15)21(27)20-14-29-18-8-1-2-9-19(18)30-20/h1-3,6-9,11,15,20H,4-5,10,12-14H2,(H2,24,25,28). The summed E-state index contributed by atoms with van der Waals surface area (Å²) in [4.78, 5) is 26.8. The number of carbonyl (C=O) groups excluding carboxylic acids is 2. The summed E-state index contributed by atoms with van der Waals surface area (Å²) in [6.07, 6.45) is 1.10. The van der Waals surface area contributed by atoms with Crippen LogP contribution in [0.2, 0.25) is 0 Å². The SMILES string of the molecule is O=C(NCC1CCCN(C(=O)C2COc3ccccc3O2)C1)Nc1cccc(F)c1. The lowest BCUT2D eigenvalue weighted by Gasteiger charge is -2.36. The lowest BCUT2D eigenvalue weighted by atomic mass is 9.97. The summed E-state index contributed by atoms with van der Waals surface area (Å²) >= 11 is 0. The second-order valence-electron chi connectivity index (χ2n) is 7.50. The van der Waals surface area contributed by atoms with Gasteiger partial charge in [0, 0.05) is 25.3 Å². The molecule has 0 bridgehead atoms. The summed E-state index contributed by atoms with van der Waals surface area (Å²) in [7, 11) is 0. The van der Waals surface area contributed by atoms with Gasteiger partial charge in [-0.15, -0.1) is 0 Å². The zero-order chi connectivity index (χ0) is 20.9. The Kier molecular flexibility index (Phi) is 6.02. The van der Waals surface area contributed by atoms with Gasteiger partial charge in [-0.3, -0.25) is 4.79 Å². The fourth-order valence-corrected chi connectivity index (χ4v) is 3.76. The van der Waals surface area contributed by atoms with Crippen molar-refractivity contribution < 1.29 is 23.5 Å². The number of halogens is 1. The van der Waals surface area contributed by atoms with E-state index in [1.807, 2.05) is 18.2 Å². The predicted molar refractivity (Wildman–Crippen MR) is 109 cm³/mol. The van der Waals surface area contributed by atoms with Crippen molar-refractivity contribution in [1.82, 2.24) is 10.2 Å². The molecule has 7 nitrogen and oxygen atoms in total. The molecule has 1 fully saturated rings. The second-order valence-corrected chi connectivity index (χ2v) is 7.50. The van der Waals surface area contributed by atoms with Crippen LogP contribution in [0.4, 0.5) is 14.9 Å². The molecule has 0 aliphatic carbocycles. The molecule has 2 unspecified atom stereocenters. The smallest absolute Gasteiger partial charge is 0.319 e. The number of para-hydroxylation sites is 2. The fraction of sp³-hybridized carbons (Fsp3) is 0.364. The average molecular weight is 413 g/mol. The maximum Gasteiger partial charge on any atom is 0.319 e. The topological polar surface area (TPSA) is 79.9 Å². The molecule has 2 aromatic rings. The molecule has 8 heteroatoms. The van der Waals surface area contributed by atoms with Gasteiger partial charge in [-0.2, -0.15) is 0 Å². The number of hydrogen-bond acceptors (Lipinski definition) is 4. The van der Waals surface area contributed by atoms with E-state index < -0.39 is 18.0 Å². The van der Waals surface area contributed by atoms with E-state index in [1.165, 1.54) is 18.2 Å². The number of likely N-dealkylation sites (tertiary alicyclic amines) is 1. The van der Waals surface area contributed by atoms with Crippen LogP contribution >= 0.6 is 0 Å². The Balaban J connectivity index is 1.27. The molecule has 1 saturated heterocycles. The minimum Gasteiger partial charge on any atom is -0.485 e. The van der Waals surface area contributed by atoms with Gasteiger partial charge < -0.3 is 25.0 Å². The number of piperidine rings is 1. The van der Waals surface area contributed by atoms with Crippen LogP contribution in [-0.2, 0) is 4.79 Å². The van der Waals surface area contributed by atoms with E-state index in [1.54, 1.807) is 17.0 Å². The Bertz CT molecular complexity index is 923. The highest BCUT2D eigenvalue weighted by molar-refractivity contribution is 5.89. The molecule has 2 aliphatic rings. The molecule has 2 aliphatic heterocycles. The third kappa shape index (κ3) is 4.82. The van der Waals surface area contributed by atoms with Crippen molar-refractivity contribution in [2.45, 2.75) is 18.9 Å². The summed E-state index contributed by atoms with van der Waals surface area (Å²) in [5.41, 5.74) is 0.391. The predicted octanol–water partition coefficient (Wildman–Crippen LogP) is 3.03. The molecule has 0 aromatic heterocycles. The molecular weight excluding hydrogens is 389 g/mol. The molecule has 158 valence electrons. The Morgan fingerprint density at radius 3 is 2.80 bits per heavy atom. The molecule has 2 heterocycles. The largest absolute Gasteiger partial charge is 0.485 e. The molecule has 2 atom stereocenters. The maximum atomic E-state index is 13.2. The summed E-state index contributed by atoms with van der Waals surface area (Å²) in [5.74, 6) is 0.847. The number of benzene rings is 2. The van der Waals surface area contributed by atoms with Gasteiger partial charge in [-0.05, 0) is 49.1 Å². The Morgan fingerprint density at radius 1 is 1.13 bits per heavy atom. The monoisotopic (exact) mass is 413 g/mol. The van der Waals surface area contributed by atoms with Gasteiger partial charge in [0.05, 0.1) is 0 Å². The number of fused-ring (bicyclic) bond motifs is 1. The zero-order valence-electron chi connectivity index (χ0n) is 16.5. The summed E-state index contributed by atoms with van der Waals surface area (Å²) in [6, 6.07) is 12.6. The van der Waals surface area contributed by atoms with E-state index in [0.717, 1.165) is 12.8 Å². The van der Waals surface area contributed by atoms with Gasteiger partial charge in [-0.1, -0.05) is 18.2 Å². The molecule has 2 N–H and O–H groups in total. The van der Waals surface area contributed by atoms with Gasteiger partial charge in [0.25, 0.3) is 5.91 Å². The highest BCUT2D eigenvalue weighted by Crippen LogP contribution is 2.31. The number of ether oxygens (including phenoxy) is 2. The van der Waals surface area contributed by atoms with E-state index in [9.17, 15) is 14.0 Å². The third-order valence-electron chi connectivity index (χ3n) is 5.25. The van der Waals surface area contributed by atoms with Crippen molar-refractivity contribution in [3.8, 4) is 11.5 Å². The van der Waals surface area contributed by atoms with Crippen LogP contribution in [0.3, 0.4) is 0 Å². The van der Waals surface area contributed by atoms with Crippen LogP contribution in [0.15, 0.2) is 48.5 Å². The minimum absolute atomic E-state index is 0.0987. The van der Waals surface area contributed by atoms with Crippen LogP contribution in [0.1, 0.15) is 12.8 Å². The van der Waals surface area contributed by atoms with Crippen LogP contribution in [0.5, 0.6) is 11.5 Å². The van der Waals surface area contributed by atoms with Gasteiger partial charge in [0.1, 0.15) is 12.4 Å². The number of anilines is 1. The lowest BCUT2D eigenvalue weighted by Crippen LogP contribution is -2.51. The van der Waals surface area contributed by atoms with E-state index in [-0.39, 0.29) is 18.4 Å². The van der Waals surface area contributed by atoms with Gasteiger partial charge in [-0.25, -0.2) is 9.18 Å². The first-order chi connectivity index (χ1) is 14.6. The second kappa shape index (κ2) is 9.02. The van der Waals surface area contributed by atoms with Crippen LogP contribution in [0, 0.1) is 11.7 Å². The molecule has 0 radical (unpaired) electrons. The van der Waals surface area contributed by atoms with Crippen molar-refractivity contribution in [2.24, 2.45) is 5.92 Å². The van der Waals surface area contributed by atoms with Gasteiger partial charge in [0.15, 0.2) is 11.5 Å². The first kappa shape index (κ1) is 20.0. The number of nitrogens with one attached hydrogen (secondary N) is 2. The molecule has 30 heavy (non-hydrogen) atoms. The molecular formula is C22H24FN3O4. The van der Waals surface area contributed by atoms with Crippen molar-refractivity contribution in [1.29, 1.82) is 0 Å². The Hall–Kier alpha value is -3.29. The Labute approximate surface area is 174 Å². The summed E-state index contributed by atoms with van der Waals surface area (Å²) in [6.45, 7) is 1.81. The number of nitrogens with zero attached hydrogens (tertiary/aromatic N) is 1. The highest BCUT2D eigenvalue weighted by atomic mass is 19.1. The third-order valence-corrected chi connectivity index (χ3v) is 5.25. The van der Waals surface area contributed by atoms with Crippen molar-refractivity contribution in [3.63, 3.8) is 0 Å². The first-order valence-electron chi connectivity index (χ1n) is 10.1. The lowest BCUT2D eigenvalue weighted by molar-refractivity contribution is -0.143. The van der Waals surface area contributed by atoms with Crippen LogP contribution < -0.4 is 20.1 Å². The number of hydrogen-bond donors (Lipinski definition) is 2. The van der Waals surface area contributed by atoms with Crippen LogP contribution in [0.25, 0.3) is 0 Å². The van der Waals surface area contributed by atoms with Gasteiger partial charge in [0.2, 0.25) is 6.10 Å². The molecule has 2 aromatic carbocycles. The highest BCUT2D eigenvalue weighted by Gasteiger charge is 2.33. The molecule has 0 spiro atoms. The number of urea groups is 1. The number of rotatable bonds is 4. The van der Waals surface area contributed by atoms with Crippen molar-refractivity contribution in [3.05, 3.63) is 54.3 Å². The summed E-state index contributed by atoms with van der Waals surface area (Å²) in [5, 5.41) is 5.42.